The minimum Gasteiger partial charge on any atom is -0.338 e. The Bertz CT molecular complexity index is 260. The van der Waals surface area contributed by atoms with Gasteiger partial charge in [-0.1, -0.05) is 37.8 Å². The van der Waals surface area contributed by atoms with Crippen molar-refractivity contribution in [3.63, 3.8) is 0 Å². The first-order valence-electron chi connectivity index (χ1n) is 5.83. The van der Waals surface area contributed by atoms with Crippen LogP contribution in [0.4, 0.5) is 0 Å². The number of aryl methyl sites for hydroxylation is 1. The second-order valence-corrected chi connectivity index (χ2v) is 3.83. The maximum absolute atomic E-state index is 4.99. The molecule has 0 spiro atoms. The van der Waals surface area contributed by atoms with Crippen molar-refractivity contribution in [1.82, 2.24) is 15.5 Å². The van der Waals surface area contributed by atoms with Gasteiger partial charge in [-0.05, 0) is 19.9 Å². The van der Waals surface area contributed by atoms with Gasteiger partial charge in [0.15, 0.2) is 5.82 Å². The zero-order valence-corrected chi connectivity index (χ0v) is 9.75. The van der Waals surface area contributed by atoms with Gasteiger partial charge in [0.2, 0.25) is 5.89 Å². The van der Waals surface area contributed by atoms with Crippen LogP contribution in [0.25, 0.3) is 0 Å². The minimum absolute atomic E-state index is 0.682. The molecular weight excluding hydrogens is 190 g/mol. The molecule has 1 aromatic rings. The van der Waals surface area contributed by atoms with Crippen LogP contribution in [-0.2, 0) is 6.54 Å². The van der Waals surface area contributed by atoms with Crippen molar-refractivity contribution < 1.29 is 4.52 Å². The molecule has 86 valence electrons. The lowest BCUT2D eigenvalue weighted by atomic mass is 10.1. The maximum Gasteiger partial charge on any atom is 0.240 e. The van der Waals surface area contributed by atoms with Crippen molar-refractivity contribution in [3.05, 3.63) is 11.7 Å². The van der Waals surface area contributed by atoms with Crippen molar-refractivity contribution in [1.29, 1.82) is 0 Å². The van der Waals surface area contributed by atoms with E-state index in [1.165, 1.54) is 32.1 Å². The highest BCUT2D eigenvalue weighted by Gasteiger charge is 2.00. The molecule has 0 saturated heterocycles. The molecule has 0 bridgehead atoms. The fourth-order valence-electron chi connectivity index (χ4n) is 1.46. The van der Waals surface area contributed by atoms with Gasteiger partial charge in [0.25, 0.3) is 0 Å². The van der Waals surface area contributed by atoms with Gasteiger partial charge >= 0.3 is 0 Å². The molecule has 0 unspecified atom stereocenters. The predicted octanol–water partition coefficient (Wildman–Crippen LogP) is 2.44. The van der Waals surface area contributed by atoms with Crippen molar-refractivity contribution in [2.75, 3.05) is 6.54 Å². The standard InChI is InChI=1S/C11H21N3O/c1-3-4-5-6-7-8-12-9-11-13-10(2)14-15-11/h12H,3-9H2,1-2H3. The lowest BCUT2D eigenvalue weighted by molar-refractivity contribution is 0.363. The largest absolute Gasteiger partial charge is 0.338 e. The molecule has 0 aromatic carbocycles. The molecule has 4 nitrogen and oxygen atoms in total. The zero-order chi connectivity index (χ0) is 10.9. The Hall–Kier alpha value is -0.900. The van der Waals surface area contributed by atoms with Crippen LogP contribution < -0.4 is 5.32 Å². The molecule has 0 fully saturated rings. The Morgan fingerprint density at radius 3 is 2.67 bits per heavy atom. The maximum atomic E-state index is 4.99. The number of nitrogens with zero attached hydrogens (tertiary/aromatic N) is 2. The second-order valence-electron chi connectivity index (χ2n) is 3.83. The SMILES string of the molecule is CCCCCCCNCc1nc(C)no1. The molecule has 0 amide bonds. The number of hydrogen-bond donors (Lipinski definition) is 1. The molecule has 0 aliphatic heterocycles. The lowest BCUT2D eigenvalue weighted by Gasteiger charge is -2.01. The Morgan fingerprint density at radius 1 is 1.20 bits per heavy atom. The number of nitrogens with one attached hydrogen (secondary N) is 1. The van der Waals surface area contributed by atoms with Crippen LogP contribution in [0.3, 0.4) is 0 Å². The van der Waals surface area contributed by atoms with Gasteiger partial charge in [-0.15, -0.1) is 0 Å². The first kappa shape index (κ1) is 12.2. The highest BCUT2D eigenvalue weighted by atomic mass is 16.5. The summed E-state index contributed by atoms with van der Waals surface area (Å²) in [5, 5.41) is 7.03. The molecule has 1 rings (SSSR count). The van der Waals surface area contributed by atoms with Crippen LogP contribution in [0.5, 0.6) is 0 Å². The Balaban J connectivity index is 1.93. The Labute approximate surface area is 91.5 Å². The van der Waals surface area contributed by atoms with E-state index in [4.69, 9.17) is 4.52 Å². The molecule has 1 N–H and O–H groups in total. The number of unbranched alkanes of at least 4 members (excludes halogenated alkanes) is 4. The fraction of sp³-hybridized carbons (Fsp3) is 0.818. The molecule has 15 heavy (non-hydrogen) atoms. The third-order valence-electron chi connectivity index (χ3n) is 2.30. The van der Waals surface area contributed by atoms with Gasteiger partial charge in [0.05, 0.1) is 6.54 Å². The fourth-order valence-corrected chi connectivity index (χ4v) is 1.46. The van der Waals surface area contributed by atoms with Gasteiger partial charge in [-0.3, -0.25) is 0 Å². The van der Waals surface area contributed by atoms with E-state index in [1.807, 2.05) is 6.92 Å². The van der Waals surface area contributed by atoms with Crippen molar-refractivity contribution in [3.8, 4) is 0 Å². The van der Waals surface area contributed by atoms with Crippen molar-refractivity contribution in [2.45, 2.75) is 52.5 Å². The van der Waals surface area contributed by atoms with Crippen LogP contribution in [0.2, 0.25) is 0 Å². The van der Waals surface area contributed by atoms with E-state index < -0.39 is 0 Å². The molecule has 0 atom stereocenters. The molecule has 0 aliphatic carbocycles. The molecular formula is C11H21N3O. The van der Waals surface area contributed by atoms with Crippen LogP contribution in [0.15, 0.2) is 4.52 Å². The molecule has 0 saturated carbocycles. The average molecular weight is 211 g/mol. The van der Waals surface area contributed by atoms with Gasteiger partial charge in [0.1, 0.15) is 0 Å². The summed E-state index contributed by atoms with van der Waals surface area (Å²) in [5.74, 6) is 1.39. The summed E-state index contributed by atoms with van der Waals surface area (Å²) >= 11 is 0. The first-order valence-corrected chi connectivity index (χ1v) is 5.83. The summed E-state index contributed by atoms with van der Waals surface area (Å²) in [6, 6.07) is 0. The van der Waals surface area contributed by atoms with Gasteiger partial charge in [0, 0.05) is 0 Å². The summed E-state index contributed by atoms with van der Waals surface area (Å²) in [6.07, 6.45) is 6.53. The second kappa shape index (κ2) is 7.40. The monoisotopic (exact) mass is 211 g/mol. The molecule has 0 radical (unpaired) electrons. The van der Waals surface area contributed by atoms with E-state index in [2.05, 4.69) is 22.4 Å². The number of aromatic nitrogens is 2. The number of hydrogen-bond acceptors (Lipinski definition) is 4. The highest BCUT2D eigenvalue weighted by Crippen LogP contribution is 2.01. The van der Waals surface area contributed by atoms with E-state index in [1.54, 1.807) is 0 Å². The smallest absolute Gasteiger partial charge is 0.240 e. The van der Waals surface area contributed by atoms with E-state index in [-0.39, 0.29) is 0 Å². The van der Waals surface area contributed by atoms with E-state index in [9.17, 15) is 0 Å². The van der Waals surface area contributed by atoms with Gasteiger partial charge in [-0.2, -0.15) is 4.98 Å². The lowest BCUT2D eigenvalue weighted by Crippen LogP contribution is -2.14. The summed E-state index contributed by atoms with van der Waals surface area (Å²) in [4.78, 5) is 4.12. The first-order chi connectivity index (χ1) is 7.33. The van der Waals surface area contributed by atoms with Crippen LogP contribution in [0.1, 0.15) is 50.7 Å². The van der Waals surface area contributed by atoms with Crippen molar-refractivity contribution in [2.24, 2.45) is 0 Å². The third kappa shape index (κ3) is 5.52. The van der Waals surface area contributed by atoms with Gasteiger partial charge < -0.3 is 9.84 Å². The van der Waals surface area contributed by atoms with E-state index in [0.29, 0.717) is 18.3 Å². The molecule has 4 heteroatoms. The predicted molar refractivity (Wildman–Crippen MR) is 59.5 cm³/mol. The van der Waals surface area contributed by atoms with E-state index in [0.717, 1.165) is 6.54 Å². The van der Waals surface area contributed by atoms with Crippen molar-refractivity contribution >= 4 is 0 Å². The summed E-state index contributed by atoms with van der Waals surface area (Å²) < 4.78 is 4.99. The van der Waals surface area contributed by atoms with Crippen LogP contribution >= 0.6 is 0 Å². The molecule has 1 heterocycles. The third-order valence-corrected chi connectivity index (χ3v) is 2.30. The topological polar surface area (TPSA) is 51.0 Å². The van der Waals surface area contributed by atoms with E-state index >= 15 is 0 Å². The van der Waals surface area contributed by atoms with Crippen LogP contribution in [0, 0.1) is 6.92 Å². The summed E-state index contributed by atoms with van der Waals surface area (Å²) in [6.45, 7) is 5.79. The molecule has 0 aliphatic rings. The molecule has 1 aromatic heterocycles. The Kier molecular flexibility index (Phi) is 6.00. The minimum atomic E-state index is 0.682. The average Bonchev–Trinajstić information content (AvgIpc) is 2.63. The van der Waals surface area contributed by atoms with Crippen LogP contribution in [-0.4, -0.2) is 16.7 Å². The summed E-state index contributed by atoms with van der Waals surface area (Å²) in [7, 11) is 0. The summed E-state index contributed by atoms with van der Waals surface area (Å²) in [5.41, 5.74) is 0. The highest BCUT2D eigenvalue weighted by molar-refractivity contribution is 4.81. The zero-order valence-electron chi connectivity index (χ0n) is 9.75. The quantitative estimate of drug-likeness (QED) is 0.671. The Morgan fingerprint density at radius 2 is 2.00 bits per heavy atom. The van der Waals surface area contributed by atoms with Gasteiger partial charge in [-0.25, -0.2) is 0 Å². The number of rotatable bonds is 8. The normalized spacial score (nSPS) is 10.8.